The Balaban J connectivity index is 2.42. The maximum absolute atomic E-state index is 10.9. The third-order valence-electron chi connectivity index (χ3n) is 1.70. The summed E-state index contributed by atoms with van der Waals surface area (Å²) in [5.74, 6) is 0.957. The Morgan fingerprint density at radius 2 is 2.50 bits per heavy atom. The van der Waals surface area contributed by atoms with Crippen molar-refractivity contribution in [2.45, 2.75) is 31.4 Å². The average molecular weight is 132 g/mol. The monoisotopic (exact) mass is 132 g/mol. The molecule has 1 nitrogen and oxygen atoms in total. The SMILES string of the molecule is CC[C@@H]1CCC[S@@]1=O. The molecule has 0 amide bonds. The van der Waals surface area contributed by atoms with Crippen molar-refractivity contribution in [3.8, 4) is 0 Å². The molecule has 0 N–H and O–H groups in total. The van der Waals surface area contributed by atoms with Gasteiger partial charge in [-0.25, -0.2) is 0 Å². The van der Waals surface area contributed by atoms with Gasteiger partial charge < -0.3 is 0 Å². The van der Waals surface area contributed by atoms with Crippen LogP contribution in [0.1, 0.15) is 26.2 Å². The van der Waals surface area contributed by atoms with Gasteiger partial charge in [0, 0.05) is 21.8 Å². The van der Waals surface area contributed by atoms with Gasteiger partial charge in [0.05, 0.1) is 0 Å². The highest BCUT2D eigenvalue weighted by Gasteiger charge is 2.20. The van der Waals surface area contributed by atoms with Gasteiger partial charge in [0.15, 0.2) is 0 Å². The molecule has 8 heavy (non-hydrogen) atoms. The zero-order chi connectivity index (χ0) is 5.98. The van der Waals surface area contributed by atoms with Gasteiger partial charge in [-0.2, -0.15) is 0 Å². The highest BCUT2D eigenvalue weighted by atomic mass is 32.2. The standard InChI is InChI=1S/C6H12OS/c1-2-6-4-3-5-8(6)7/h6H,2-5H2,1H3/t6-,8+/m1/s1. The van der Waals surface area contributed by atoms with E-state index in [0.717, 1.165) is 12.2 Å². The predicted molar refractivity (Wildman–Crippen MR) is 36.3 cm³/mol. The first-order chi connectivity index (χ1) is 3.84. The Kier molecular flexibility index (Phi) is 2.06. The molecule has 1 rings (SSSR count). The molecule has 0 unspecified atom stereocenters. The van der Waals surface area contributed by atoms with E-state index in [1.54, 1.807) is 0 Å². The summed E-state index contributed by atoms with van der Waals surface area (Å²) in [5.41, 5.74) is 0. The Labute approximate surface area is 52.9 Å². The molecule has 1 aliphatic heterocycles. The summed E-state index contributed by atoms with van der Waals surface area (Å²) < 4.78 is 10.9. The van der Waals surface area contributed by atoms with E-state index < -0.39 is 10.8 Å². The van der Waals surface area contributed by atoms with Crippen LogP contribution in [0.4, 0.5) is 0 Å². The van der Waals surface area contributed by atoms with E-state index in [1.807, 2.05) is 0 Å². The maximum atomic E-state index is 10.9. The molecule has 2 heteroatoms. The fourth-order valence-electron chi connectivity index (χ4n) is 1.14. The summed E-state index contributed by atoms with van der Waals surface area (Å²) in [5, 5.41) is 0.537. The minimum atomic E-state index is -0.461. The summed E-state index contributed by atoms with van der Waals surface area (Å²) >= 11 is 0. The minimum Gasteiger partial charge on any atom is -0.259 e. The fourth-order valence-corrected chi connectivity index (χ4v) is 2.73. The molecule has 48 valence electrons. The fraction of sp³-hybridized carbons (Fsp3) is 1.00. The topological polar surface area (TPSA) is 17.1 Å². The first-order valence-electron chi connectivity index (χ1n) is 3.21. The summed E-state index contributed by atoms with van der Waals surface area (Å²) in [6, 6.07) is 0. The molecule has 1 saturated heterocycles. The molecule has 0 radical (unpaired) electrons. The Morgan fingerprint density at radius 1 is 1.75 bits per heavy atom. The molecule has 0 aromatic carbocycles. The summed E-state index contributed by atoms with van der Waals surface area (Å²) in [7, 11) is -0.461. The quantitative estimate of drug-likeness (QED) is 0.525. The third-order valence-corrected chi connectivity index (χ3v) is 3.70. The lowest BCUT2D eigenvalue weighted by Gasteiger charge is -2.00. The number of hydrogen-bond donors (Lipinski definition) is 0. The smallest absolute Gasteiger partial charge is 0.0345 e. The van der Waals surface area contributed by atoms with Crippen LogP contribution < -0.4 is 0 Å². The van der Waals surface area contributed by atoms with Crippen LogP contribution in [0.3, 0.4) is 0 Å². The van der Waals surface area contributed by atoms with Crippen molar-refractivity contribution in [3.05, 3.63) is 0 Å². The van der Waals surface area contributed by atoms with Crippen LogP contribution in [0.25, 0.3) is 0 Å². The van der Waals surface area contributed by atoms with Gasteiger partial charge in [-0.1, -0.05) is 6.92 Å². The third kappa shape index (κ3) is 1.10. The highest BCUT2D eigenvalue weighted by Crippen LogP contribution is 2.17. The van der Waals surface area contributed by atoms with Gasteiger partial charge in [-0.3, -0.25) is 4.21 Å². The predicted octanol–water partition coefficient (Wildman–Crippen LogP) is 1.31. The van der Waals surface area contributed by atoms with Gasteiger partial charge >= 0.3 is 0 Å². The Morgan fingerprint density at radius 3 is 2.75 bits per heavy atom. The van der Waals surface area contributed by atoms with Crippen molar-refractivity contribution >= 4 is 10.8 Å². The lowest BCUT2D eigenvalue weighted by atomic mass is 10.2. The van der Waals surface area contributed by atoms with Crippen molar-refractivity contribution in [1.29, 1.82) is 0 Å². The van der Waals surface area contributed by atoms with Crippen molar-refractivity contribution in [2.24, 2.45) is 0 Å². The van der Waals surface area contributed by atoms with Crippen molar-refractivity contribution in [2.75, 3.05) is 5.75 Å². The molecule has 0 bridgehead atoms. The Bertz CT molecular complexity index is 101. The second kappa shape index (κ2) is 2.62. The largest absolute Gasteiger partial charge is 0.259 e. The van der Waals surface area contributed by atoms with Crippen molar-refractivity contribution in [3.63, 3.8) is 0 Å². The van der Waals surface area contributed by atoms with E-state index in [0.29, 0.717) is 5.25 Å². The van der Waals surface area contributed by atoms with Crippen LogP contribution in [-0.2, 0) is 10.8 Å². The van der Waals surface area contributed by atoms with E-state index in [4.69, 9.17) is 0 Å². The molecule has 2 atom stereocenters. The molecular formula is C6H12OS. The van der Waals surface area contributed by atoms with E-state index in [1.165, 1.54) is 12.8 Å². The first kappa shape index (κ1) is 6.27. The van der Waals surface area contributed by atoms with Crippen LogP contribution in [-0.4, -0.2) is 15.2 Å². The second-order valence-corrected chi connectivity index (χ2v) is 4.09. The molecule has 1 fully saturated rings. The molecular weight excluding hydrogens is 120 g/mol. The molecule has 1 heterocycles. The summed E-state index contributed by atoms with van der Waals surface area (Å²) in [6.07, 6.45) is 3.49. The molecule has 0 saturated carbocycles. The van der Waals surface area contributed by atoms with Crippen molar-refractivity contribution in [1.82, 2.24) is 0 Å². The molecule has 0 aromatic heterocycles. The van der Waals surface area contributed by atoms with Crippen LogP contribution in [0.5, 0.6) is 0 Å². The highest BCUT2D eigenvalue weighted by molar-refractivity contribution is 7.85. The zero-order valence-electron chi connectivity index (χ0n) is 5.22. The van der Waals surface area contributed by atoms with E-state index in [2.05, 4.69) is 6.92 Å². The van der Waals surface area contributed by atoms with E-state index in [-0.39, 0.29) is 0 Å². The maximum Gasteiger partial charge on any atom is 0.0345 e. The van der Waals surface area contributed by atoms with Gasteiger partial charge in [0.25, 0.3) is 0 Å². The Hall–Kier alpha value is 0.150. The lowest BCUT2D eigenvalue weighted by molar-refractivity contribution is 0.671. The van der Waals surface area contributed by atoms with Gasteiger partial charge in [0.1, 0.15) is 0 Å². The van der Waals surface area contributed by atoms with Crippen LogP contribution in [0.2, 0.25) is 0 Å². The lowest BCUT2D eigenvalue weighted by Crippen LogP contribution is -2.05. The number of rotatable bonds is 1. The number of hydrogen-bond acceptors (Lipinski definition) is 1. The summed E-state index contributed by atoms with van der Waals surface area (Å²) in [4.78, 5) is 0. The average Bonchev–Trinajstić information content (AvgIpc) is 2.14. The van der Waals surface area contributed by atoms with Gasteiger partial charge in [-0.15, -0.1) is 0 Å². The first-order valence-corrected chi connectivity index (χ1v) is 4.60. The van der Waals surface area contributed by atoms with Crippen LogP contribution in [0.15, 0.2) is 0 Å². The molecule has 0 aromatic rings. The molecule has 0 spiro atoms. The van der Waals surface area contributed by atoms with Gasteiger partial charge in [0.2, 0.25) is 0 Å². The molecule has 1 aliphatic rings. The minimum absolute atomic E-state index is 0.461. The van der Waals surface area contributed by atoms with Crippen LogP contribution >= 0.6 is 0 Å². The van der Waals surface area contributed by atoms with Crippen molar-refractivity contribution < 1.29 is 4.21 Å². The van der Waals surface area contributed by atoms with Gasteiger partial charge in [-0.05, 0) is 19.3 Å². The summed E-state index contributed by atoms with van der Waals surface area (Å²) in [6.45, 7) is 2.12. The van der Waals surface area contributed by atoms with E-state index >= 15 is 0 Å². The zero-order valence-corrected chi connectivity index (χ0v) is 6.04. The normalized spacial score (nSPS) is 38.1. The van der Waals surface area contributed by atoms with E-state index in [9.17, 15) is 4.21 Å². The van der Waals surface area contributed by atoms with Crippen LogP contribution in [0, 0.1) is 0 Å². The second-order valence-electron chi connectivity index (χ2n) is 2.26. The molecule has 0 aliphatic carbocycles.